The predicted octanol–water partition coefficient (Wildman–Crippen LogP) is 3.41. The van der Waals surface area contributed by atoms with E-state index in [0.29, 0.717) is 25.0 Å². The van der Waals surface area contributed by atoms with E-state index in [2.05, 4.69) is 6.07 Å². The van der Waals surface area contributed by atoms with Gasteiger partial charge in [-0.15, -0.1) is 11.3 Å². The van der Waals surface area contributed by atoms with Gasteiger partial charge in [0.05, 0.1) is 11.4 Å². The largest absolute Gasteiger partial charge is 0.337 e. The molecule has 1 aromatic heterocycles. The minimum Gasteiger partial charge on any atom is -0.337 e. The summed E-state index contributed by atoms with van der Waals surface area (Å²) in [6.07, 6.45) is 0. The summed E-state index contributed by atoms with van der Waals surface area (Å²) in [5.74, 6) is -0.183. The van der Waals surface area contributed by atoms with Crippen LogP contribution in [0.5, 0.6) is 0 Å². The van der Waals surface area contributed by atoms with Gasteiger partial charge in [-0.25, -0.2) is 0 Å². The van der Waals surface area contributed by atoms with E-state index in [0.717, 1.165) is 21.3 Å². The fraction of sp³-hybridized carbons (Fsp3) is 0.136. The zero-order chi connectivity index (χ0) is 21.7. The maximum absolute atomic E-state index is 13.3. The third-order valence-electron chi connectivity index (χ3n) is 5.11. The molecule has 1 amide bonds. The number of hydrogen-bond donors (Lipinski definition) is 0. The van der Waals surface area contributed by atoms with E-state index < -0.39 is 0 Å². The predicted molar refractivity (Wildman–Crippen MR) is 135 cm³/mol. The third-order valence-corrected chi connectivity index (χ3v) is 9.16. The summed E-state index contributed by atoms with van der Waals surface area (Å²) in [6.45, 7) is 2.40. The standard InChI is InChI=1S/C22H17N3O2S4/c1-3-24-18(26)16(20-23(2)14-11-7-8-12-15(14)29-20)30-21(24)17-19(27)25(22(28)31-17)13-9-5-4-6-10-13/h4-12H,3H2,1-2H3. The maximum Gasteiger partial charge on any atom is 0.273 e. The third kappa shape index (κ3) is 3.27. The molecule has 3 aromatic rings. The molecule has 1 saturated heterocycles. The molecular formula is C22H17N3O2S4. The van der Waals surface area contributed by atoms with E-state index in [1.54, 1.807) is 21.2 Å². The van der Waals surface area contributed by atoms with E-state index in [9.17, 15) is 9.59 Å². The molecule has 0 atom stereocenters. The maximum atomic E-state index is 13.3. The van der Waals surface area contributed by atoms with E-state index >= 15 is 0 Å². The Labute approximate surface area is 196 Å². The summed E-state index contributed by atoms with van der Waals surface area (Å²) < 4.78 is 3.46. The Hall–Kier alpha value is -2.33. The van der Waals surface area contributed by atoms with Crippen molar-refractivity contribution < 1.29 is 4.79 Å². The molecule has 0 N–H and O–H groups in total. The van der Waals surface area contributed by atoms with Crippen LogP contribution in [0.4, 0.5) is 11.4 Å². The highest BCUT2D eigenvalue weighted by Gasteiger charge is 2.35. The lowest BCUT2D eigenvalue weighted by Gasteiger charge is -2.13. The van der Waals surface area contributed by atoms with Crippen molar-refractivity contribution in [1.29, 1.82) is 0 Å². The van der Waals surface area contributed by atoms with Crippen LogP contribution < -0.4 is 24.6 Å². The number of thiazole rings is 1. The van der Waals surface area contributed by atoms with Crippen molar-refractivity contribution in [1.82, 2.24) is 4.57 Å². The second-order valence-corrected chi connectivity index (χ2v) is 10.6. The van der Waals surface area contributed by atoms with Crippen molar-refractivity contribution >= 4 is 78.6 Å². The van der Waals surface area contributed by atoms with E-state index in [1.165, 1.54) is 23.1 Å². The van der Waals surface area contributed by atoms with Gasteiger partial charge in [0.2, 0.25) is 0 Å². The zero-order valence-electron chi connectivity index (χ0n) is 16.7. The summed E-state index contributed by atoms with van der Waals surface area (Å²) >= 11 is 9.73. The summed E-state index contributed by atoms with van der Waals surface area (Å²) in [5.41, 5.74) is 1.74. The van der Waals surface area contributed by atoms with Crippen LogP contribution in [-0.4, -0.2) is 21.8 Å². The van der Waals surface area contributed by atoms with Gasteiger partial charge in [0.15, 0.2) is 4.32 Å². The van der Waals surface area contributed by atoms with Crippen LogP contribution in [0.2, 0.25) is 0 Å². The Kier molecular flexibility index (Phi) is 5.29. The number of carbonyl (C=O) groups is 1. The van der Waals surface area contributed by atoms with E-state index in [4.69, 9.17) is 12.2 Å². The van der Waals surface area contributed by atoms with Crippen LogP contribution in [0.25, 0.3) is 9.93 Å². The van der Waals surface area contributed by atoms with Gasteiger partial charge in [0.25, 0.3) is 11.5 Å². The number of nitrogens with zero attached hydrogens (tertiary/aromatic N) is 3. The average Bonchev–Trinajstić information content (AvgIpc) is 3.39. The van der Waals surface area contributed by atoms with Gasteiger partial charge >= 0.3 is 0 Å². The van der Waals surface area contributed by atoms with Gasteiger partial charge in [-0.1, -0.05) is 66.1 Å². The van der Waals surface area contributed by atoms with Gasteiger partial charge in [-0.3, -0.25) is 19.1 Å². The van der Waals surface area contributed by atoms with Crippen molar-refractivity contribution in [3.8, 4) is 0 Å². The first-order valence-electron chi connectivity index (χ1n) is 9.61. The molecule has 0 bridgehead atoms. The van der Waals surface area contributed by atoms with Gasteiger partial charge < -0.3 is 4.90 Å². The van der Waals surface area contributed by atoms with Crippen molar-refractivity contribution in [2.24, 2.45) is 0 Å². The van der Waals surface area contributed by atoms with Crippen LogP contribution in [0.3, 0.4) is 0 Å². The van der Waals surface area contributed by atoms with Crippen LogP contribution in [0, 0.1) is 0 Å². The fourth-order valence-corrected chi connectivity index (χ4v) is 7.56. The molecule has 156 valence electrons. The molecule has 5 nitrogen and oxygen atoms in total. The van der Waals surface area contributed by atoms with Gasteiger partial charge in [-0.05, 0) is 31.2 Å². The number of carbonyl (C=O) groups excluding carboxylic acids is 1. The number of hydrogen-bond acceptors (Lipinski definition) is 7. The molecule has 0 saturated carbocycles. The summed E-state index contributed by atoms with van der Waals surface area (Å²) in [5, 5.41) is 0.892. The molecule has 0 unspecified atom stereocenters. The summed E-state index contributed by atoms with van der Waals surface area (Å²) in [4.78, 5) is 31.9. The molecule has 5 rings (SSSR count). The second-order valence-electron chi connectivity index (χ2n) is 6.89. The SMILES string of the molecule is CCn1c(=C2SC(=S)N(c3ccccc3)C2=O)sc(=C2Sc3ccccc3N2C)c1=O. The molecule has 31 heavy (non-hydrogen) atoms. The van der Waals surface area contributed by atoms with Gasteiger partial charge in [0.1, 0.15) is 19.1 Å². The van der Waals surface area contributed by atoms with Crippen molar-refractivity contribution in [2.75, 3.05) is 16.8 Å². The molecule has 2 aromatic carbocycles. The second kappa shape index (κ2) is 7.98. The summed E-state index contributed by atoms with van der Waals surface area (Å²) in [6, 6.07) is 17.5. The number of anilines is 2. The minimum absolute atomic E-state index is 0.0744. The van der Waals surface area contributed by atoms with Crippen LogP contribution in [0.15, 0.2) is 64.3 Å². The van der Waals surface area contributed by atoms with E-state index in [-0.39, 0.29) is 11.5 Å². The molecule has 3 heterocycles. The quantitative estimate of drug-likeness (QED) is 0.521. The molecule has 2 aliphatic heterocycles. The number of thioether (sulfide) groups is 2. The highest BCUT2D eigenvalue weighted by Crippen LogP contribution is 2.45. The van der Waals surface area contributed by atoms with Crippen LogP contribution in [-0.2, 0) is 11.3 Å². The van der Waals surface area contributed by atoms with Crippen LogP contribution >= 0.6 is 47.1 Å². The molecule has 9 heteroatoms. The highest BCUT2D eigenvalue weighted by atomic mass is 32.2. The Morgan fingerprint density at radius 1 is 0.968 bits per heavy atom. The Balaban J connectivity index is 1.71. The van der Waals surface area contributed by atoms with Gasteiger partial charge in [-0.2, -0.15) is 0 Å². The molecular weight excluding hydrogens is 467 g/mol. The fourth-order valence-electron chi connectivity index (χ4n) is 3.60. The van der Waals surface area contributed by atoms with E-state index in [1.807, 2.05) is 67.4 Å². The van der Waals surface area contributed by atoms with Crippen molar-refractivity contribution in [3.63, 3.8) is 0 Å². The average molecular weight is 484 g/mol. The molecule has 1 fully saturated rings. The Morgan fingerprint density at radius 2 is 1.68 bits per heavy atom. The number of aromatic nitrogens is 1. The molecule has 2 aliphatic rings. The lowest BCUT2D eigenvalue weighted by molar-refractivity contribution is -0.112. The van der Waals surface area contributed by atoms with Crippen molar-refractivity contribution in [3.05, 3.63) is 74.1 Å². The topological polar surface area (TPSA) is 45.6 Å². The van der Waals surface area contributed by atoms with Crippen molar-refractivity contribution in [2.45, 2.75) is 18.4 Å². The summed E-state index contributed by atoms with van der Waals surface area (Å²) in [7, 11) is 1.97. The van der Waals surface area contributed by atoms with Crippen LogP contribution in [0.1, 0.15) is 6.92 Å². The zero-order valence-corrected chi connectivity index (χ0v) is 20.0. The molecule has 0 aliphatic carbocycles. The molecule has 0 radical (unpaired) electrons. The lowest BCUT2D eigenvalue weighted by atomic mass is 10.3. The first-order valence-corrected chi connectivity index (χ1v) is 12.5. The van der Waals surface area contributed by atoms with Gasteiger partial charge in [0, 0.05) is 18.5 Å². The first kappa shape index (κ1) is 20.6. The lowest BCUT2D eigenvalue weighted by Crippen LogP contribution is -2.34. The normalized spacial score (nSPS) is 19.4. The number of benzene rings is 2. The monoisotopic (exact) mass is 483 g/mol. The smallest absolute Gasteiger partial charge is 0.273 e. The highest BCUT2D eigenvalue weighted by molar-refractivity contribution is 8.31. The number of amides is 1. The first-order chi connectivity index (χ1) is 15.0. The Bertz CT molecular complexity index is 1410. The number of rotatable bonds is 2. The number of fused-ring (bicyclic) bond motifs is 1. The number of para-hydroxylation sites is 2. The Morgan fingerprint density at radius 3 is 2.39 bits per heavy atom. The minimum atomic E-state index is -0.183. The number of thiocarbonyl (C=S) groups is 1. The molecule has 0 spiro atoms.